The molecule has 174 valence electrons. The molecule has 1 saturated carbocycles. The highest BCUT2D eigenvalue weighted by Gasteiger charge is 2.25. The summed E-state index contributed by atoms with van der Waals surface area (Å²) in [5, 5.41) is 8.87. The Kier molecular flexibility index (Phi) is 7.46. The maximum Gasteiger partial charge on any atom is 0.234 e. The van der Waals surface area contributed by atoms with Gasteiger partial charge in [0, 0.05) is 28.6 Å². The van der Waals surface area contributed by atoms with Crippen LogP contribution in [0.4, 0.5) is 4.39 Å². The first-order valence-corrected chi connectivity index (χ1v) is 13.5. The Labute approximate surface area is 190 Å². The van der Waals surface area contributed by atoms with Crippen LogP contribution in [0.3, 0.4) is 0 Å². The first kappa shape index (κ1) is 23.2. The number of aromatic amines is 1. The standard InChI is InChI=1S/C25H34FN3O2S/c1-18(20-9-3-2-4-10-20)29-32(30,31)15-14-24-23-13-6-5-11-21(25(23)28-27-24)16-19-8-7-12-22(26)17-19/h7-8,12,14-15,17-18,20-21,29H,2-6,9-11,13,16H2,1H3,(H,27,28)/b15-14+/t18-,21?/m1/s1. The Morgan fingerprint density at radius 3 is 2.75 bits per heavy atom. The van der Waals surface area contributed by atoms with E-state index < -0.39 is 10.0 Å². The molecule has 0 bridgehead atoms. The van der Waals surface area contributed by atoms with Crippen molar-refractivity contribution in [3.63, 3.8) is 0 Å². The summed E-state index contributed by atoms with van der Waals surface area (Å²) < 4.78 is 41.8. The first-order chi connectivity index (χ1) is 15.4. The number of H-pyrrole nitrogens is 1. The number of halogens is 1. The number of nitrogens with one attached hydrogen (secondary N) is 2. The fourth-order valence-electron chi connectivity index (χ4n) is 5.30. The van der Waals surface area contributed by atoms with Crippen molar-refractivity contribution in [1.29, 1.82) is 0 Å². The van der Waals surface area contributed by atoms with Crippen LogP contribution in [0, 0.1) is 11.7 Å². The van der Waals surface area contributed by atoms with Gasteiger partial charge in [-0.05, 0) is 75.1 Å². The van der Waals surface area contributed by atoms with Gasteiger partial charge in [0.05, 0.1) is 5.69 Å². The SMILES string of the molecule is C[C@@H](NS(=O)(=O)/C=C/c1n[nH]c2c1CCCCC2Cc1cccc(F)c1)C1CCCCC1. The highest BCUT2D eigenvalue weighted by molar-refractivity contribution is 7.92. The summed E-state index contributed by atoms with van der Waals surface area (Å²) in [6, 6.07) is 6.70. The van der Waals surface area contributed by atoms with Gasteiger partial charge < -0.3 is 0 Å². The number of fused-ring (bicyclic) bond motifs is 1. The van der Waals surface area contributed by atoms with E-state index in [2.05, 4.69) is 14.9 Å². The maximum absolute atomic E-state index is 13.6. The Morgan fingerprint density at radius 1 is 1.19 bits per heavy atom. The lowest BCUT2D eigenvalue weighted by molar-refractivity contribution is 0.303. The van der Waals surface area contributed by atoms with Crippen molar-refractivity contribution in [2.75, 3.05) is 0 Å². The number of sulfonamides is 1. The Hall–Kier alpha value is -1.99. The van der Waals surface area contributed by atoms with Crippen LogP contribution in [0.1, 0.15) is 86.7 Å². The molecular weight excluding hydrogens is 425 g/mol. The minimum Gasteiger partial charge on any atom is -0.281 e. The molecule has 0 saturated heterocycles. The zero-order valence-electron chi connectivity index (χ0n) is 18.8. The molecule has 0 radical (unpaired) electrons. The molecule has 5 nitrogen and oxygen atoms in total. The summed E-state index contributed by atoms with van der Waals surface area (Å²) in [6.07, 6.45) is 12.2. The van der Waals surface area contributed by atoms with Gasteiger partial charge in [0.2, 0.25) is 10.0 Å². The molecule has 2 atom stereocenters. The molecule has 2 N–H and O–H groups in total. The van der Waals surface area contributed by atoms with Crippen molar-refractivity contribution >= 4 is 16.1 Å². The van der Waals surface area contributed by atoms with Gasteiger partial charge in [0.1, 0.15) is 5.82 Å². The van der Waals surface area contributed by atoms with Crippen LogP contribution in [0.25, 0.3) is 6.08 Å². The van der Waals surface area contributed by atoms with Crippen LogP contribution in [-0.4, -0.2) is 24.7 Å². The molecule has 7 heteroatoms. The second kappa shape index (κ2) is 10.3. The van der Waals surface area contributed by atoms with E-state index in [1.54, 1.807) is 18.2 Å². The van der Waals surface area contributed by atoms with Crippen LogP contribution in [0.5, 0.6) is 0 Å². The monoisotopic (exact) mass is 459 g/mol. The lowest BCUT2D eigenvalue weighted by atomic mass is 9.85. The predicted molar refractivity (Wildman–Crippen MR) is 126 cm³/mol. The quantitative estimate of drug-likeness (QED) is 0.540. The van der Waals surface area contributed by atoms with Crippen LogP contribution in [-0.2, 0) is 22.9 Å². The summed E-state index contributed by atoms with van der Waals surface area (Å²) >= 11 is 0. The minimum atomic E-state index is -3.53. The Bertz CT molecular complexity index is 1040. The molecule has 32 heavy (non-hydrogen) atoms. The average Bonchev–Trinajstić information content (AvgIpc) is 3.07. The zero-order chi connectivity index (χ0) is 22.6. The van der Waals surface area contributed by atoms with Crippen LogP contribution in [0.2, 0.25) is 0 Å². The van der Waals surface area contributed by atoms with E-state index in [0.29, 0.717) is 11.6 Å². The molecular formula is C25H34FN3O2S. The minimum absolute atomic E-state index is 0.0584. The van der Waals surface area contributed by atoms with Gasteiger partial charge in [-0.2, -0.15) is 5.10 Å². The predicted octanol–water partition coefficient (Wildman–Crippen LogP) is 5.46. The third-order valence-corrected chi connectivity index (χ3v) is 8.25. The van der Waals surface area contributed by atoms with Crippen LogP contribution >= 0.6 is 0 Å². The molecule has 2 aliphatic rings. The van der Waals surface area contributed by atoms with Gasteiger partial charge in [-0.3, -0.25) is 5.10 Å². The second-order valence-corrected chi connectivity index (χ2v) is 11.0. The third kappa shape index (κ3) is 5.87. The molecule has 1 unspecified atom stereocenters. The van der Waals surface area contributed by atoms with Crippen molar-refractivity contribution in [1.82, 2.24) is 14.9 Å². The van der Waals surface area contributed by atoms with Crippen molar-refractivity contribution < 1.29 is 12.8 Å². The topological polar surface area (TPSA) is 74.8 Å². The van der Waals surface area contributed by atoms with Gasteiger partial charge in [0.25, 0.3) is 0 Å². The summed E-state index contributed by atoms with van der Waals surface area (Å²) in [5.74, 6) is 0.423. The van der Waals surface area contributed by atoms with Gasteiger partial charge in [-0.15, -0.1) is 0 Å². The molecule has 1 heterocycles. The highest BCUT2D eigenvalue weighted by atomic mass is 32.2. The van der Waals surface area contributed by atoms with E-state index >= 15 is 0 Å². The second-order valence-electron chi connectivity index (χ2n) is 9.43. The maximum atomic E-state index is 13.6. The fourth-order valence-corrected chi connectivity index (χ4v) is 6.40. The van der Waals surface area contributed by atoms with Crippen molar-refractivity contribution in [3.05, 3.63) is 58.0 Å². The molecule has 0 spiro atoms. The zero-order valence-corrected chi connectivity index (χ0v) is 19.6. The number of rotatable bonds is 7. The molecule has 1 fully saturated rings. The Morgan fingerprint density at radius 2 is 1.97 bits per heavy atom. The van der Waals surface area contributed by atoms with E-state index in [0.717, 1.165) is 61.8 Å². The molecule has 0 aliphatic heterocycles. The average molecular weight is 460 g/mol. The van der Waals surface area contributed by atoms with Crippen LogP contribution < -0.4 is 4.72 Å². The van der Waals surface area contributed by atoms with Crippen molar-refractivity contribution in [3.8, 4) is 0 Å². The molecule has 1 aromatic carbocycles. The smallest absolute Gasteiger partial charge is 0.234 e. The van der Waals surface area contributed by atoms with E-state index in [1.807, 2.05) is 13.0 Å². The molecule has 1 aromatic heterocycles. The van der Waals surface area contributed by atoms with Crippen LogP contribution in [0.15, 0.2) is 29.7 Å². The lowest BCUT2D eigenvalue weighted by Gasteiger charge is -2.27. The summed E-state index contributed by atoms with van der Waals surface area (Å²) in [5.41, 5.74) is 3.82. The van der Waals surface area contributed by atoms with Crippen molar-refractivity contribution in [2.45, 2.75) is 83.1 Å². The third-order valence-electron chi connectivity index (χ3n) is 7.05. The molecule has 4 rings (SSSR count). The Balaban J connectivity index is 1.47. The van der Waals surface area contributed by atoms with E-state index in [9.17, 15) is 12.8 Å². The number of aromatic nitrogens is 2. The molecule has 2 aromatic rings. The van der Waals surface area contributed by atoms with Gasteiger partial charge in [-0.25, -0.2) is 17.5 Å². The summed E-state index contributed by atoms with van der Waals surface area (Å²) in [4.78, 5) is 0. The normalized spacial score (nSPS) is 21.4. The van der Waals surface area contributed by atoms with Gasteiger partial charge in [-0.1, -0.05) is 37.8 Å². The highest BCUT2D eigenvalue weighted by Crippen LogP contribution is 2.34. The van der Waals surface area contributed by atoms with E-state index in [-0.39, 0.29) is 17.8 Å². The number of hydrogen-bond donors (Lipinski definition) is 2. The van der Waals surface area contributed by atoms with Gasteiger partial charge >= 0.3 is 0 Å². The summed E-state index contributed by atoms with van der Waals surface area (Å²) in [7, 11) is -3.53. The number of nitrogens with zero attached hydrogens (tertiary/aromatic N) is 1. The molecule has 0 amide bonds. The largest absolute Gasteiger partial charge is 0.281 e. The lowest BCUT2D eigenvalue weighted by Crippen LogP contribution is -2.37. The first-order valence-electron chi connectivity index (χ1n) is 11.9. The van der Waals surface area contributed by atoms with Gasteiger partial charge in [0.15, 0.2) is 0 Å². The number of hydrogen-bond acceptors (Lipinski definition) is 3. The fraction of sp³-hybridized carbons (Fsp3) is 0.560. The molecule has 2 aliphatic carbocycles. The van der Waals surface area contributed by atoms with E-state index in [1.165, 1.54) is 30.7 Å². The summed E-state index contributed by atoms with van der Waals surface area (Å²) in [6.45, 7) is 1.97. The number of benzene rings is 1. The van der Waals surface area contributed by atoms with E-state index in [4.69, 9.17) is 0 Å². The van der Waals surface area contributed by atoms with Crippen molar-refractivity contribution in [2.24, 2.45) is 5.92 Å².